The highest BCUT2D eigenvalue weighted by Crippen LogP contribution is 2.33. The van der Waals surface area contributed by atoms with Gasteiger partial charge in [0.15, 0.2) is 0 Å². The van der Waals surface area contributed by atoms with Gasteiger partial charge in [-0.25, -0.2) is 0 Å². The first-order chi connectivity index (χ1) is 15.9. The number of piperidine rings is 1. The van der Waals surface area contributed by atoms with Gasteiger partial charge in [0.05, 0.1) is 35.6 Å². The van der Waals surface area contributed by atoms with Crippen molar-refractivity contribution in [3.63, 3.8) is 0 Å². The third-order valence-electron chi connectivity index (χ3n) is 6.15. The number of amides is 4. The third-order valence-corrected chi connectivity index (χ3v) is 6.15. The number of nitrogens with one attached hydrogen (secondary N) is 2. The van der Waals surface area contributed by atoms with Crippen LogP contribution in [0.1, 0.15) is 46.4 Å². The van der Waals surface area contributed by atoms with E-state index in [0.29, 0.717) is 24.0 Å². The van der Waals surface area contributed by atoms with E-state index in [9.17, 15) is 19.2 Å². The lowest BCUT2D eigenvalue weighted by atomic mass is 10.0. The summed E-state index contributed by atoms with van der Waals surface area (Å²) in [5.74, 6) is 3.41. The number of anilines is 1. The lowest BCUT2D eigenvalue weighted by Crippen LogP contribution is -2.54. The molecule has 2 fully saturated rings. The minimum atomic E-state index is -1.01. The van der Waals surface area contributed by atoms with E-state index in [1.165, 1.54) is 0 Å². The van der Waals surface area contributed by atoms with Crippen LogP contribution in [0.25, 0.3) is 0 Å². The molecule has 4 N–H and O–H groups in total. The van der Waals surface area contributed by atoms with Gasteiger partial charge in [-0.15, -0.1) is 0 Å². The summed E-state index contributed by atoms with van der Waals surface area (Å²) in [6, 6.07) is 4.32. The van der Waals surface area contributed by atoms with Crippen molar-refractivity contribution < 1.29 is 19.2 Å². The summed E-state index contributed by atoms with van der Waals surface area (Å²) in [6.45, 7) is 1.91. The molecule has 3 heterocycles. The maximum absolute atomic E-state index is 13.3. The van der Waals surface area contributed by atoms with Gasteiger partial charge in [-0.2, -0.15) is 5.10 Å². The van der Waals surface area contributed by atoms with Gasteiger partial charge in [0.1, 0.15) is 6.04 Å². The standard InChI is InChI=1S/C22H27N7O4/c1-28(12-14(27-23)11-24-10-13-4-3-9-25-13)16-6-2-5-15-19(16)22(33)29(21(15)32)17-7-8-18(30)26-20(17)31/h2,5-6,11,13,17,25H,3-4,7-10,12,23H2,1H3,(H,26,30,31)/b24-11?,27-14+/t13-,17?/m0/s1. The highest BCUT2D eigenvalue weighted by Gasteiger charge is 2.45. The van der Waals surface area contributed by atoms with Crippen molar-refractivity contribution in [3.05, 3.63) is 29.3 Å². The number of hydrogen-bond donors (Lipinski definition) is 3. The first-order valence-electron chi connectivity index (χ1n) is 11.0. The van der Waals surface area contributed by atoms with Gasteiger partial charge in [-0.05, 0) is 37.9 Å². The number of rotatable bonds is 7. The molecule has 1 aromatic carbocycles. The number of hydrogen-bond acceptors (Lipinski definition) is 9. The molecule has 11 heteroatoms. The second kappa shape index (κ2) is 9.49. The van der Waals surface area contributed by atoms with Gasteiger partial charge in [0.2, 0.25) is 11.8 Å². The molecule has 4 rings (SSSR count). The van der Waals surface area contributed by atoms with E-state index in [0.717, 1.165) is 24.3 Å². The summed E-state index contributed by atoms with van der Waals surface area (Å²) >= 11 is 0. The van der Waals surface area contributed by atoms with Gasteiger partial charge in [0, 0.05) is 25.7 Å². The average Bonchev–Trinajstić information content (AvgIpc) is 3.40. The van der Waals surface area contributed by atoms with Crippen molar-refractivity contribution in [2.75, 3.05) is 31.6 Å². The molecule has 0 bridgehead atoms. The summed E-state index contributed by atoms with van der Waals surface area (Å²) < 4.78 is 0. The molecule has 0 aromatic heterocycles. The molecular formula is C22H27N7O4. The van der Waals surface area contributed by atoms with Crippen molar-refractivity contribution in [3.8, 4) is 0 Å². The summed E-state index contributed by atoms with van der Waals surface area (Å²) in [5.41, 5.74) is 1.49. The summed E-state index contributed by atoms with van der Waals surface area (Å²) in [7, 11) is 1.76. The van der Waals surface area contributed by atoms with E-state index in [1.807, 2.05) is 0 Å². The number of nitrogens with two attached hydrogens (primary N) is 1. The molecule has 2 atom stereocenters. The molecule has 11 nitrogen and oxygen atoms in total. The Morgan fingerprint density at radius 2 is 2.06 bits per heavy atom. The summed E-state index contributed by atoms with van der Waals surface area (Å²) in [6.07, 6.45) is 4.04. The van der Waals surface area contributed by atoms with Gasteiger partial charge >= 0.3 is 0 Å². The highest BCUT2D eigenvalue weighted by atomic mass is 16.2. The Labute approximate surface area is 191 Å². The zero-order valence-electron chi connectivity index (χ0n) is 18.4. The zero-order valence-corrected chi connectivity index (χ0v) is 18.4. The molecule has 0 saturated carbocycles. The summed E-state index contributed by atoms with van der Waals surface area (Å²) in [5, 5.41) is 9.38. The SMILES string of the molecule is CN(C/C(C=NC[C@@H]1CCCN1)=N/N)c1cccc2c1C(=O)N(C1CCC(=O)NC1=O)C2=O. The van der Waals surface area contributed by atoms with Crippen molar-refractivity contribution in [1.82, 2.24) is 15.5 Å². The molecule has 1 aromatic rings. The molecule has 174 valence electrons. The van der Waals surface area contributed by atoms with Crippen LogP contribution < -0.4 is 21.4 Å². The molecule has 0 spiro atoms. The van der Waals surface area contributed by atoms with Crippen molar-refractivity contribution in [2.24, 2.45) is 15.9 Å². The Morgan fingerprint density at radius 1 is 1.24 bits per heavy atom. The predicted molar refractivity (Wildman–Crippen MR) is 122 cm³/mol. The lowest BCUT2D eigenvalue weighted by Gasteiger charge is -2.28. The normalized spacial score (nSPS) is 23.4. The monoisotopic (exact) mass is 453 g/mol. The largest absolute Gasteiger partial charge is 0.368 e. The van der Waals surface area contributed by atoms with E-state index in [2.05, 4.69) is 20.7 Å². The number of hydrazone groups is 1. The second-order valence-corrected chi connectivity index (χ2v) is 8.41. The van der Waals surface area contributed by atoms with Gasteiger partial charge in [-0.1, -0.05) is 6.07 Å². The Balaban J connectivity index is 1.51. The maximum Gasteiger partial charge on any atom is 0.264 e. The number of carbonyl (C=O) groups is 4. The predicted octanol–water partition coefficient (Wildman–Crippen LogP) is -0.338. The second-order valence-electron chi connectivity index (χ2n) is 8.41. The van der Waals surface area contributed by atoms with Crippen LogP contribution in [0.2, 0.25) is 0 Å². The topological polar surface area (TPSA) is 150 Å². The maximum atomic E-state index is 13.3. The lowest BCUT2D eigenvalue weighted by molar-refractivity contribution is -0.136. The molecule has 3 aliphatic heterocycles. The molecule has 33 heavy (non-hydrogen) atoms. The minimum Gasteiger partial charge on any atom is -0.368 e. The first-order valence-corrected chi connectivity index (χ1v) is 11.0. The minimum absolute atomic E-state index is 0.0720. The van der Waals surface area contributed by atoms with Crippen molar-refractivity contribution >= 4 is 41.2 Å². The molecule has 2 saturated heterocycles. The number of nitrogens with zero attached hydrogens (tertiary/aromatic N) is 4. The van der Waals surface area contributed by atoms with Gasteiger partial charge in [-0.3, -0.25) is 34.4 Å². The quantitative estimate of drug-likeness (QED) is 0.221. The zero-order chi connectivity index (χ0) is 23.5. The fourth-order valence-corrected chi connectivity index (χ4v) is 4.46. The number of imide groups is 2. The molecule has 0 aliphatic carbocycles. The van der Waals surface area contributed by atoms with Crippen molar-refractivity contribution in [1.29, 1.82) is 0 Å². The van der Waals surface area contributed by atoms with E-state index < -0.39 is 29.7 Å². The van der Waals surface area contributed by atoms with Crippen LogP contribution in [-0.2, 0) is 9.59 Å². The Kier molecular flexibility index (Phi) is 6.50. The van der Waals surface area contributed by atoms with Crippen LogP contribution in [0.3, 0.4) is 0 Å². The van der Waals surface area contributed by atoms with Crippen molar-refractivity contribution in [2.45, 2.75) is 37.8 Å². The van der Waals surface area contributed by atoms with Crippen LogP contribution in [-0.4, -0.2) is 79.2 Å². The Hall–Kier alpha value is -3.60. The number of carbonyl (C=O) groups excluding carboxylic acids is 4. The number of fused-ring (bicyclic) bond motifs is 1. The first kappa shape index (κ1) is 22.6. The fourth-order valence-electron chi connectivity index (χ4n) is 4.46. The van der Waals surface area contributed by atoms with Crippen LogP contribution in [0.4, 0.5) is 5.69 Å². The number of benzene rings is 1. The molecule has 0 radical (unpaired) electrons. The molecule has 1 unspecified atom stereocenters. The molecular weight excluding hydrogens is 426 g/mol. The van der Waals surface area contributed by atoms with E-state index in [4.69, 9.17) is 5.84 Å². The van der Waals surface area contributed by atoms with E-state index in [1.54, 1.807) is 36.4 Å². The third kappa shape index (κ3) is 4.49. The van der Waals surface area contributed by atoms with Crippen LogP contribution in [0.5, 0.6) is 0 Å². The fraction of sp³-hybridized carbons (Fsp3) is 0.455. The molecule has 4 amide bonds. The molecule has 3 aliphatic rings. The van der Waals surface area contributed by atoms with Gasteiger partial charge in [0.25, 0.3) is 11.8 Å². The average molecular weight is 454 g/mol. The Bertz CT molecular complexity index is 1050. The van der Waals surface area contributed by atoms with Crippen LogP contribution >= 0.6 is 0 Å². The number of aliphatic imine (C=N–C) groups is 1. The van der Waals surface area contributed by atoms with Crippen LogP contribution in [0, 0.1) is 0 Å². The Morgan fingerprint density at radius 3 is 2.76 bits per heavy atom. The summed E-state index contributed by atoms with van der Waals surface area (Å²) in [4.78, 5) is 57.2. The van der Waals surface area contributed by atoms with Crippen LogP contribution in [0.15, 0.2) is 28.3 Å². The van der Waals surface area contributed by atoms with E-state index in [-0.39, 0.29) is 30.5 Å². The van der Waals surface area contributed by atoms with Gasteiger partial charge < -0.3 is 16.1 Å². The van der Waals surface area contributed by atoms with E-state index >= 15 is 0 Å². The highest BCUT2D eigenvalue weighted by molar-refractivity contribution is 6.32. The smallest absolute Gasteiger partial charge is 0.264 e.